The quantitative estimate of drug-likeness (QED) is 0.690. The lowest BCUT2D eigenvalue weighted by atomic mass is 9.99. The second-order valence-electron chi connectivity index (χ2n) is 10.3. The molecule has 1 N–H and O–H groups in total. The van der Waals surface area contributed by atoms with Crippen LogP contribution in [0.1, 0.15) is 30.6 Å². The predicted molar refractivity (Wildman–Crippen MR) is 131 cm³/mol. The molecule has 2 saturated heterocycles. The second kappa shape index (κ2) is 8.87. The molecule has 1 aromatic heterocycles. The van der Waals surface area contributed by atoms with Gasteiger partial charge < -0.3 is 24.8 Å². The number of piperazine rings is 1. The van der Waals surface area contributed by atoms with Crippen LogP contribution in [0.25, 0.3) is 11.3 Å². The number of aromatic nitrogens is 1. The summed E-state index contributed by atoms with van der Waals surface area (Å²) < 4.78 is 35.2. The first-order chi connectivity index (χ1) is 16.6. The van der Waals surface area contributed by atoms with Crippen LogP contribution in [0.3, 0.4) is 0 Å². The van der Waals surface area contributed by atoms with Gasteiger partial charge in [0.2, 0.25) is 0 Å². The van der Waals surface area contributed by atoms with Crippen molar-refractivity contribution in [2.75, 3.05) is 51.8 Å². The molecule has 2 aromatic rings. The SMILES string of the molecule is CN(C)[C@H]1CN(c2nc(-c3cccc(F)c3F)c(Cl)c3c2C(=O)N2CCNC[C@@H]2CO3)C(C)(C)C1. The van der Waals surface area contributed by atoms with Gasteiger partial charge in [0.05, 0.1) is 11.7 Å². The number of halogens is 3. The van der Waals surface area contributed by atoms with Gasteiger partial charge in [-0.1, -0.05) is 17.7 Å². The summed E-state index contributed by atoms with van der Waals surface area (Å²) in [4.78, 5) is 24.8. The van der Waals surface area contributed by atoms with Crippen molar-refractivity contribution in [3.05, 3.63) is 40.4 Å². The minimum atomic E-state index is -1.04. The number of carbonyl (C=O) groups is 1. The van der Waals surface area contributed by atoms with Crippen LogP contribution in [-0.2, 0) is 0 Å². The third-order valence-corrected chi connectivity index (χ3v) is 7.72. The number of ether oxygens (including phenoxy) is 1. The van der Waals surface area contributed by atoms with Crippen molar-refractivity contribution in [3.63, 3.8) is 0 Å². The highest BCUT2D eigenvalue weighted by Crippen LogP contribution is 2.46. The molecule has 0 bridgehead atoms. The first-order valence-corrected chi connectivity index (χ1v) is 12.2. The lowest BCUT2D eigenvalue weighted by molar-refractivity contribution is 0.0606. The van der Waals surface area contributed by atoms with Crippen LogP contribution >= 0.6 is 11.6 Å². The highest BCUT2D eigenvalue weighted by Gasteiger charge is 2.45. The van der Waals surface area contributed by atoms with E-state index in [2.05, 4.69) is 29.0 Å². The van der Waals surface area contributed by atoms with Crippen LogP contribution in [0.5, 0.6) is 5.75 Å². The van der Waals surface area contributed by atoms with Crippen molar-refractivity contribution in [1.82, 2.24) is 20.1 Å². The van der Waals surface area contributed by atoms with E-state index in [1.807, 2.05) is 14.1 Å². The number of fused-ring (bicyclic) bond motifs is 2. The number of carbonyl (C=O) groups excluding carboxylic acids is 1. The summed E-state index contributed by atoms with van der Waals surface area (Å²) in [5.74, 6) is -1.67. The minimum absolute atomic E-state index is 0.00979. The number of hydrogen-bond donors (Lipinski definition) is 1. The number of amides is 1. The second-order valence-corrected chi connectivity index (χ2v) is 10.7. The Hall–Kier alpha value is -2.49. The topological polar surface area (TPSA) is 60.9 Å². The number of anilines is 1. The average Bonchev–Trinajstić information content (AvgIpc) is 3.06. The minimum Gasteiger partial charge on any atom is -0.489 e. The van der Waals surface area contributed by atoms with Crippen LogP contribution in [0, 0.1) is 11.6 Å². The lowest BCUT2D eigenvalue weighted by Crippen LogP contribution is -2.55. The highest BCUT2D eigenvalue weighted by molar-refractivity contribution is 6.35. The van der Waals surface area contributed by atoms with Gasteiger partial charge in [0.25, 0.3) is 5.91 Å². The number of benzene rings is 1. The molecule has 188 valence electrons. The van der Waals surface area contributed by atoms with Gasteiger partial charge in [-0.15, -0.1) is 0 Å². The summed E-state index contributed by atoms with van der Waals surface area (Å²) in [7, 11) is 4.04. The maximum Gasteiger partial charge on any atom is 0.261 e. The largest absolute Gasteiger partial charge is 0.489 e. The fourth-order valence-corrected chi connectivity index (χ4v) is 5.64. The molecule has 0 spiro atoms. The molecule has 2 fully saturated rings. The smallest absolute Gasteiger partial charge is 0.261 e. The van der Waals surface area contributed by atoms with E-state index in [4.69, 9.17) is 21.3 Å². The van der Waals surface area contributed by atoms with E-state index in [0.717, 1.165) is 12.5 Å². The van der Waals surface area contributed by atoms with Crippen LogP contribution < -0.4 is 15.0 Å². The fourth-order valence-electron chi connectivity index (χ4n) is 5.35. The van der Waals surface area contributed by atoms with E-state index in [-0.39, 0.29) is 57.7 Å². The van der Waals surface area contributed by atoms with E-state index in [9.17, 15) is 13.6 Å². The monoisotopic (exact) mass is 505 g/mol. The molecule has 3 aliphatic rings. The summed E-state index contributed by atoms with van der Waals surface area (Å²) in [6, 6.07) is 3.96. The van der Waals surface area contributed by atoms with Gasteiger partial charge in [-0.2, -0.15) is 0 Å². The Morgan fingerprint density at radius 3 is 2.77 bits per heavy atom. The number of nitrogens with one attached hydrogen (secondary N) is 1. The van der Waals surface area contributed by atoms with Gasteiger partial charge in [-0.25, -0.2) is 13.8 Å². The van der Waals surface area contributed by atoms with Gasteiger partial charge in [0.1, 0.15) is 23.0 Å². The molecule has 0 unspecified atom stereocenters. The fraction of sp³-hybridized carbons (Fsp3) is 0.520. The summed E-state index contributed by atoms with van der Waals surface area (Å²) >= 11 is 6.76. The van der Waals surface area contributed by atoms with Crippen LogP contribution in [0.4, 0.5) is 14.6 Å². The zero-order chi connectivity index (χ0) is 25.1. The van der Waals surface area contributed by atoms with E-state index in [0.29, 0.717) is 32.0 Å². The Bertz CT molecular complexity index is 1180. The Labute approximate surface area is 209 Å². The van der Waals surface area contributed by atoms with E-state index in [1.165, 1.54) is 12.1 Å². The van der Waals surface area contributed by atoms with Gasteiger partial charge >= 0.3 is 0 Å². The standard InChI is InChI=1S/C25H30ClF2N5O2/c1-25(2)10-14(31(3)4)12-33(25)23-18-22(35-13-15-11-29-8-9-32(15)24(18)34)19(26)21(30-23)16-6-5-7-17(27)20(16)28/h5-7,14-15,29H,8-13H2,1-4H3/t14-,15-/m1/s1. The van der Waals surface area contributed by atoms with E-state index in [1.54, 1.807) is 4.90 Å². The molecule has 1 aromatic carbocycles. The summed E-state index contributed by atoms with van der Waals surface area (Å²) in [5.41, 5.74) is -0.0730. The molecular formula is C25H30ClF2N5O2. The highest BCUT2D eigenvalue weighted by atomic mass is 35.5. The van der Waals surface area contributed by atoms with Gasteiger partial charge in [-0.05, 0) is 46.5 Å². The molecule has 35 heavy (non-hydrogen) atoms. The average molecular weight is 506 g/mol. The van der Waals surface area contributed by atoms with Crippen LogP contribution in [-0.4, -0.2) is 85.2 Å². The summed E-state index contributed by atoms with van der Waals surface area (Å²) in [6.07, 6.45) is 0.841. The first kappa shape index (κ1) is 24.2. The zero-order valence-corrected chi connectivity index (χ0v) is 21.1. The van der Waals surface area contributed by atoms with Gasteiger partial charge in [0.15, 0.2) is 17.4 Å². The first-order valence-electron chi connectivity index (χ1n) is 11.9. The van der Waals surface area contributed by atoms with Crippen molar-refractivity contribution in [2.45, 2.75) is 37.9 Å². The third-order valence-electron chi connectivity index (χ3n) is 7.37. The normalized spacial score (nSPS) is 23.7. The molecule has 1 amide bonds. The molecule has 10 heteroatoms. The summed E-state index contributed by atoms with van der Waals surface area (Å²) in [5, 5.41) is 3.31. The third kappa shape index (κ3) is 4.03. The zero-order valence-electron chi connectivity index (χ0n) is 20.4. The molecule has 7 nitrogen and oxygen atoms in total. The van der Waals surface area contributed by atoms with Gasteiger partial charge in [0, 0.05) is 43.3 Å². The van der Waals surface area contributed by atoms with Crippen molar-refractivity contribution in [3.8, 4) is 17.0 Å². The molecule has 4 heterocycles. The Morgan fingerprint density at radius 2 is 2.06 bits per heavy atom. The maximum atomic E-state index is 14.9. The number of likely N-dealkylation sites (N-methyl/N-ethyl adjacent to an activating group) is 1. The summed E-state index contributed by atoms with van der Waals surface area (Å²) in [6.45, 7) is 6.86. The van der Waals surface area contributed by atoms with Crippen molar-refractivity contribution in [1.29, 1.82) is 0 Å². The van der Waals surface area contributed by atoms with Crippen molar-refractivity contribution >= 4 is 23.3 Å². The number of hydrogen-bond acceptors (Lipinski definition) is 6. The number of rotatable bonds is 3. The predicted octanol–water partition coefficient (Wildman–Crippen LogP) is 3.41. The maximum absolute atomic E-state index is 14.9. The van der Waals surface area contributed by atoms with Crippen molar-refractivity contribution in [2.24, 2.45) is 0 Å². The van der Waals surface area contributed by atoms with E-state index < -0.39 is 11.6 Å². The van der Waals surface area contributed by atoms with Crippen molar-refractivity contribution < 1.29 is 18.3 Å². The number of pyridine rings is 1. The number of nitrogens with zero attached hydrogens (tertiary/aromatic N) is 4. The van der Waals surface area contributed by atoms with Crippen LogP contribution in [0.15, 0.2) is 18.2 Å². The van der Waals surface area contributed by atoms with Gasteiger partial charge in [-0.3, -0.25) is 4.79 Å². The van der Waals surface area contributed by atoms with Crippen LogP contribution in [0.2, 0.25) is 5.02 Å². The molecule has 2 atom stereocenters. The Morgan fingerprint density at radius 1 is 1.29 bits per heavy atom. The Kier molecular flexibility index (Phi) is 6.14. The molecule has 5 rings (SSSR count). The Balaban J connectivity index is 1.75. The van der Waals surface area contributed by atoms with E-state index >= 15 is 0 Å². The molecule has 3 aliphatic heterocycles. The molecule has 0 aliphatic carbocycles. The lowest BCUT2D eigenvalue weighted by Gasteiger charge is -2.36. The molecule has 0 saturated carbocycles. The molecular weight excluding hydrogens is 476 g/mol. The molecule has 0 radical (unpaired) electrons.